The van der Waals surface area contributed by atoms with Crippen LogP contribution in [0, 0.1) is 49.4 Å². The van der Waals surface area contributed by atoms with Gasteiger partial charge in [0.1, 0.15) is 22.5 Å². The van der Waals surface area contributed by atoms with Crippen molar-refractivity contribution in [1.29, 1.82) is 0 Å². The molecule has 0 saturated heterocycles. The van der Waals surface area contributed by atoms with Gasteiger partial charge in [-0.3, -0.25) is 14.2 Å². The van der Waals surface area contributed by atoms with Crippen LogP contribution < -0.4 is 5.56 Å². The second-order valence-electron chi connectivity index (χ2n) is 6.96. The predicted molar refractivity (Wildman–Crippen MR) is 116 cm³/mol. The average molecular weight is 611 g/mol. The number of halogens is 3. The van der Waals surface area contributed by atoms with E-state index in [1.54, 1.807) is 42.5 Å². The molecule has 1 radical (unpaired) electrons. The van der Waals surface area contributed by atoms with E-state index in [4.69, 9.17) is 4.42 Å². The molecule has 177 valence electrons. The summed E-state index contributed by atoms with van der Waals surface area (Å²) in [7, 11) is 0. The summed E-state index contributed by atoms with van der Waals surface area (Å²) in [5, 5.41) is 11.6. The number of para-hydroxylation sites is 2. The van der Waals surface area contributed by atoms with Crippen LogP contribution in [0.15, 0.2) is 75.9 Å². The van der Waals surface area contributed by atoms with Crippen molar-refractivity contribution in [2.24, 2.45) is 0 Å². The van der Waals surface area contributed by atoms with E-state index in [2.05, 4.69) is 0 Å². The van der Waals surface area contributed by atoms with Gasteiger partial charge in [0.15, 0.2) is 0 Å². The number of nitrogens with zero attached hydrogens (tertiary/aromatic N) is 1. The molecule has 0 atom stereocenters. The van der Waals surface area contributed by atoms with Gasteiger partial charge in [0.25, 0.3) is 11.3 Å². The van der Waals surface area contributed by atoms with E-state index in [1.807, 2.05) is 0 Å². The Labute approximate surface area is 229 Å². The van der Waals surface area contributed by atoms with E-state index in [0.717, 1.165) is 4.57 Å². The number of aromatic nitrogens is 1. The third-order valence-electron chi connectivity index (χ3n) is 5.15. The number of rotatable bonds is 2. The topological polar surface area (TPSA) is 135 Å². The Morgan fingerprint density at radius 2 is 1.47 bits per heavy atom. The molecular weight excluding hydrogens is 595 g/mol. The molecule has 5 N–H and O–H groups in total. The van der Waals surface area contributed by atoms with Crippen molar-refractivity contribution in [3.05, 3.63) is 82.6 Å². The summed E-state index contributed by atoms with van der Waals surface area (Å²) in [5.74, 6) is -3.42. The number of hydrogen-bond donors (Lipinski definition) is 1. The first-order valence-corrected chi connectivity index (χ1v) is 9.18. The summed E-state index contributed by atoms with van der Waals surface area (Å²) < 4.78 is 46.5. The number of hydrogen-bond acceptors (Lipinski definition) is 4. The largest absolute Gasteiger partial charge is 0.506 e. The van der Waals surface area contributed by atoms with Crippen molar-refractivity contribution < 1.29 is 87.8 Å². The fourth-order valence-electron chi connectivity index (χ4n) is 3.84. The van der Waals surface area contributed by atoms with Crippen LogP contribution in [0.1, 0.15) is 10.4 Å². The third kappa shape index (κ3) is 4.18. The molecule has 0 saturated carbocycles. The third-order valence-corrected chi connectivity index (χ3v) is 5.15. The monoisotopic (exact) mass is 612 g/mol. The van der Waals surface area contributed by atoms with Crippen molar-refractivity contribution in [2.75, 3.05) is 0 Å². The Morgan fingerprint density at radius 1 is 0.853 bits per heavy atom. The molecule has 0 spiro atoms. The molecule has 5 rings (SSSR count). The molecule has 0 aliphatic heterocycles. The van der Waals surface area contributed by atoms with Gasteiger partial charge in [-0.2, -0.15) is 13.2 Å². The van der Waals surface area contributed by atoms with Gasteiger partial charge in [-0.15, -0.1) is 0 Å². The van der Waals surface area contributed by atoms with Gasteiger partial charge in [-0.25, -0.2) is 0 Å². The first kappa shape index (κ1) is 27.7. The van der Waals surface area contributed by atoms with Gasteiger partial charge in [-0.1, -0.05) is 36.4 Å². The summed E-state index contributed by atoms with van der Waals surface area (Å²) in [6.45, 7) is 0. The summed E-state index contributed by atoms with van der Waals surface area (Å²) in [6.07, 6.45) is -5.33. The van der Waals surface area contributed by atoms with Gasteiger partial charge in [0.2, 0.25) is 0 Å². The van der Waals surface area contributed by atoms with Crippen LogP contribution in [0.3, 0.4) is 0 Å². The Bertz CT molecular complexity index is 1580. The van der Waals surface area contributed by atoms with E-state index >= 15 is 0 Å². The van der Waals surface area contributed by atoms with Crippen LogP contribution in [0.5, 0.6) is 5.75 Å². The number of carbonyl (C=O) groups excluding carboxylic acids is 1. The number of pyridine rings is 1. The number of benzene rings is 3. The number of ketones is 1. The number of fused-ring (bicyclic) bond motifs is 5. The first-order valence-electron chi connectivity index (χ1n) is 9.18. The first-order chi connectivity index (χ1) is 14.8. The Hall–Kier alpha value is -2.57. The molecule has 11 heteroatoms. The molecule has 0 aliphatic carbocycles. The van der Waals surface area contributed by atoms with Gasteiger partial charge < -0.3 is 20.5 Å². The zero-order valence-electron chi connectivity index (χ0n) is 17.0. The zero-order valence-corrected chi connectivity index (χ0v) is 19.4. The van der Waals surface area contributed by atoms with E-state index in [1.165, 1.54) is 24.3 Å². The number of alkyl halides is 3. The molecule has 0 bridgehead atoms. The van der Waals surface area contributed by atoms with Crippen molar-refractivity contribution in [3.8, 4) is 11.4 Å². The summed E-state index contributed by atoms with van der Waals surface area (Å²) in [5.41, 5.74) is -1.31. The zero-order chi connectivity index (χ0) is 21.9. The molecule has 0 unspecified atom stereocenters. The standard InChI is InChI=1S/C23H12F3NO4.Eu.2H2O/c24-23(25,26)21(29)18-20(28)14-10-11-16-17(13-8-4-5-9-15(13)31-16)19(14)27(22(18)30)12-6-2-1-3-7-12;;;/h1-11,28H;;2*1H2. The average Bonchev–Trinajstić information content (AvgIpc) is 3.12. The maximum Gasteiger partial charge on any atom is 0.455 e. The van der Waals surface area contributed by atoms with Gasteiger partial charge in [-0.05, 0) is 30.3 Å². The van der Waals surface area contributed by atoms with Crippen molar-refractivity contribution in [1.82, 2.24) is 4.57 Å². The summed E-state index contributed by atoms with van der Waals surface area (Å²) in [6, 6.07) is 17.7. The molecule has 5 aromatic rings. The van der Waals surface area contributed by atoms with E-state index < -0.39 is 28.8 Å². The molecule has 0 fully saturated rings. The molecule has 7 nitrogen and oxygen atoms in total. The van der Waals surface area contributed by atoms with Crippen LogP contribution in [0.2, 0.25) is 0 Å². The van der Waals surface area contributed by atoms with Crippen molar-refractivity contribution in [3.63, 3.8) is 0 Å². The number of Topliss-reactive ketones (excluding diaryl/α,β-unsaturated/α-hetero) is 1. The van der Waals surface area contributed by atoms with Crippen LogP contribution in [-0.4, -0.2) is 32.6 Å². The van der Waals surface area contributed by atoms with Gasteiger partial charge in [0, 0.05) is 65.8 Å². The molecule has 3 aromatic carbocycles. The molecule has 2 heterocycles. The summed E-state index contributed by atoms with van der Waals surface area (Å²) in [4.78, 5) is 25.3. The second kappa shape index (κ2) is 9.97. The molecule has 34 heavy (non-hydrogen) atoms. The van der Waals surface area contributed by atoms with E-state index in [9.17, 15) is 27.9 Å². The van der Waals surface area contributed by atoms with Crippen molar-refractivity contribution >= 4 is 38.6 Å². The van der Waals surface area contributed by atoms with Crippen LogP contribution in [0.25, 0.3) is 38.5 Å². The van der Waals surface area contributed by atoms with Crippen LogP contribution >= 0.6 is 0 Å². The van der Waals surface area contributed by atoms with E-state index in [-0.39, 0.29) is 76.9 Å². The SMILES string of the molecule is O.O.O=C(c1c(O)c2ccc3oc4ccccc4c3c2n(-c2ccccc2)c1=O)C(F)(F)F.[Eu]. The quantitative estimate of drug-likeness (QED) is 0.305. The molecular formula is C23H16EuF3NO6. The molecule has 0 amide bonds. The summed E-state index contributed by atoms with van der Waals surface area (Å²) >= 11 is 0. The second-order valence-corrected chi connectivity index (χ2v) is 6.96. The number of carbonyl (C=O) groups is 1. The minimum Gasteiger partial charge on any atom is -0.506 e. The van der Waals surface area contributed by atoms with Crippen LogP contribution in [0.4, 0.5) is 13.2 Å². The maximum absolute atomic E-state index is 13.2. The number of aromatic hydroxyl groups is 1. The fraction of sp³-hybridized carbons (Fsp3) is 0.0435. The minimum absolute atomic E-state index is 0. The fourth-order valence-corrected chi connectivity index (χ4v) is 3.84. The maximum atomic E-state index is 13.2. The van der Waals surface area contributed by atoms with Crippen LogP contribution in [-0.2, 0) is 0 Å². The van der Waals surface area contributed by atoms with Crippen molar-refractivity contribution in [2.45, 2.75) is 6.18 Å². The van der Waals surface area contributed by atoms with Gasteiger partial charge >= 0.3 is 6.18 Å². The number of furan rings is 1. The normalized spacial score (nSPS) is 11.0. The predicted octanol–water partition coefficient (Wildman–Crippen LogP) is 3.69. The van der Waals surface area contributed by atoms with Gasteiger partial charge in [0.05, 0.1) is 10.9 Å². The Morgan fingerprint density at radius 3 is 2.12 bits per heavy atom. The Kier molecular flexibility index (Phi) is 8.11. The molecule has 0 aliphatic rings. The molecule has 2 aromatic heterocycles. The minimum atomic E-state index is -5.33. The smallest absolute Gasteiger partial charge is 0.455 e. The Balaban J connectivity index is 0.00000136. The van der Waals surface area contributed by atoms with E-state index in [0.29, 0.717) is 21.9 Å².